The lowest BCUT2D eigenvalue weighted by Crippen LogP contribution is -2.35. The number of rotatable bonds is 7. The minimum Gasteiger partial charge on any atom is -0.497 e. The number of sulfonamides is 1. The second-order valence-electron chi connectivity index (χ2n) is 6.46. The second kappa shape index (κ2) is 8.61. The van der Waals surface area contributed by atoms with E-state index in [9.17, 15) is 13.2 Å². The monoisotopic (exact) mass is 408 g/mol. The molecule has 1 amide bonds. The van der Waals surface area contributed by atoms with Gasteiger partial charge in [-0.2, -0.15) is 4.31 Å². The van der Waals surface area contributed by atoms with Crippen LogP contribution in [0.2, 0.25) is 0 Å². The summed E-state index contributed by atoms with van der Waals surface area (Å²) in [7, 11) is -0.577. The average molecular weight is 408 g/mol. The van der Waals surface area contributed by atoms with Gasteiger partial charge in [0, 0.05) is 25.4 Å². The summed E-state index contributed by atoms with van der Waals surface area (Å²) in [6.45, 7) is 0.942. The van der Waals surface area contributed by atoms with Crippen molar-refractivity contribution in [2.24, 2.45) is 0 Å². The predicted molar refractivity (Wildman–Crippen MR) is 103 cm³/mol. The molecule has 2 heterocycles. The highest BCUT2D eigenvalue weighted by Crippen LogP contribution is 2.29. The number of ether oxygens (including phenoxy) is 2. The summed E-state index contributed by atoms with van der Waals surface area (Å²) in [5.41, 5.74) is 0.495. The summed E-state index contributed by atoms with van der Waals surface area (Å²) in [5, 5.41) is 2.71. The Morgan fingerprint density at radius 3 is 2.61 bits per heavy atom. The predicted octanol–water partition coefficient (Wildman–Crippen LogP) is 1.71. The fourth-order valence-corrected chi connectivity index (χ4v) is 4.51. The number of amides is 1. The maximum Gasteiger partial charge on any atom is 0.262 e. The van der Waals surface area contributed by atoms with Crippen molar-refractivity contribution in [3.63, 3.8) is 0 Å². The number of nitrogens with zero attached hydrogens (tertiary/aromatic N) is 3. The number of aromatic nitrogens is 2. The zero-order valence-corrected chi connectivity index (χ0v) is 16.7. The Labute approximate surface area is 164 Å². The van der Waals surface area contributed by atoms with E-state index in [0.29, 0.717) is 30.3 Å². The van der Waals surface area contributed by atoms with E-state index in [1.54, 1.807) is 25.3 Å². The van der Waals surface area contributed by atoms with Crippen LogP contribution < -0.4 is 14.8 Å². The zero-order chi connectivity index (χ0) is 20.1. The molecule has 1 saturated heterocycles. The Morgan fingerprint density at radius 1 is 1.18 bits per heavy atom. The summed E-state index contributed by atoms with van der Waals surface area (Å²) in [6, 6.07) is 5.05. The van der Waals surface area contributed by atoms with Crippen molar-refractivity contribution in [1.29, 1.82) is 0 Å². The van der Waals surface area contributed by atoms with Gasteiger partial charge in [0.1, 0.15) is 18.0 Å². The molecule has 0 unspecified atom stereocenters. The van der Waals surface area contributed by atoms with E-state index in [4.69, 9.17) is 9.47 Å². The number of carbonyl (C=O) groups is 1. The molecule has 1 N–H and O–H groups in total. The summed E-state index contributed by atoms with van der Waals surface area (Å²) in [4.78, 5) is 16.4. The molecule has 0 spiro atoms. The van der Waals surface area contributed by atoms with E-state index >= 15 is 0 Å². The lowest BCUT2D eigenvalue weighted by molar-refractivity contribution is -0.116. The Morgan fingerprint density at radius 2 is 1.93 bits per heavy atom. The number of nitrogens with one attached hydrogen (secondary N) is 1. The van der Waals surface area contributed by atoms with Gasteiger partial charge in [0.05, 0.1) is 26.2 Å². The quantitative estimate of drug-likeness (QED) is 0.748. The number of piperidine rings is 1. The summed E-state index contributed by atoms with van der Waals surface area (Å²) in [6.07, 6.45) is 5.48. The van der Waals surface area contributed by atoms with Gasteiger partial charge >= 0.3 is 0 Å². The lowest BCUT2D eigenvalue weighted by Gasteiger charge is -2.24. The van der Waals surface area contributed by atoms with Gasteiger partial charge in [-0.25, -0.2) is 13.4 Å². The average Bonchev–Trinajstić information content (AvgIpc) is 3.18. The highest BCUT2D eigenvalue weighted by atomic mass is 32.2. The van der Waals surface area contributed by atoms with Crippen LogP contribution in [0, 0.1) is 0 Å². The molecule has 0 saturated carbocycles. The smallest absolute Gasteiger partial charge is 0.262 e. The van der Waals surface area contributed by atoms with Crippen LogP contribution in [0.15, 0.2) is 35.7 Å². The van der Waals surface area contributed by atoms with Crippen molar-refractivity contribution in [2.45, 2.75) is 30.8 Å². The van der Waals surface area contributed by atoms with Crippen molar-refractivity contribution in [3.05, 3.63) is 30.7 Å². The van der Waals surface area contributed by atoms with E-state index < -0.39 is 10.0 Å². The number of hydrogen-bond acceptors (Lipinski definition) is 6. The van der Waals surface area contributed by atoms with Gasteiger partial charge < -0.3 is 19.4 Å². The molecule has 0 aliphatic carbocycles. The molecule has 1 aromatic carbocycles. The molecule has 0 bridgehead atoms. The van der Waals surface area contributed by atoms with Crippen molar-refractivity contribution >= 4 is 21.6 Å². The third-order valence-electron chi connectivity index (χ3n) is 4.54. The molecule has 1 aromatic heterocycles. The van der Waals surface area contributed by atoms with Gasteiger partial charge in [0.15, 0.2) is 5.03 Å². The molecule has 9 nitrogen and oxygen atoms in total. The molecule has 152 valence electrons. The van der Waals surface area contributed by atoms with Crippen LogP contribution in [0.5, 0.6) is 11.5 Å². The van der Waals surface area contributed by atoms with Crippen LogP contribution in [0.4, 0.5) is 5.69 Å². The largest absolute Gasteiger partial charge is 0.497 e. The lowest BCUT2D eigenvalue weighted by atomic mass is 10.2. The Bertz CT molecular complexity index is 935. The maximum atomic E-state index is 12.6. The summed E-state index contributed by atoms with van der Waals surface area (Å²) < 4.78 is 38.6. The van der Waals surface area contributed by atoms with Crippen molar-refractivity contribution < 1.29 is 22.7 Å². The Kier molecular flexibility index (Phi) is 6.20. The van der Waals surface area contributed by atoms with E-state index in [2.05, 4.69) is 10.3 Å². The molecular weight excluding hydrogens is 384 g/mol. The molecule has 2 aromatic rings. The fourth-order valence-electron chi connectivity index (χ4n) is 3.05. The first-order valence-corrected chi connectivity index (χ1v) is 10.4. The maximum absolute atomic E-state index is 12.6. The van der Waals surface area contributed by atoms with Crippen LogP contribution in [-0.4, -0.2) is 55.5 Å². The van der Waals surface area contributed by atoms with Crippen LogP contribution in [0.3, 0.4) is 0 Å². The van der Waals surface area contributed by atoms with Crippen molar-refractivity contribution in [3.8, 4) is 11.5 Å². The molecule has 10 heteroatoms. The number of imidazole rings is 1. The van der Waals surface area contributed by atoms with E-state index in [-0.39, 0.29) is 17.5 Å². The van der Waals surface area contributed by atoms with E-state index in [0.717, 1.165) is 19.3 Å². The molecule has 0 atom stereocenters. The third-order valence-corrected chi connectivity index (χ3v) is 6.32. The highest BCUT2D eigenvalue weighted by molar-refractivity contribution is 7.89. The van der Waals surface area contributed by atoms with Crippen molar-refractivity contribution in [1.82, 2.24) is 13.9 Å². The van der Waals surface area contributed by atoms with E-state index in [1.807, 2.05) is 0 Å². The minimum absolute atomic E-state index is 0.0378. The van der Waals surface area contributed by atoms with Gasteiger partial charge in [-0.15, -0.1) is 0 Å². The third kappa shape index (κ3) is 4.45. The summed E-state index contributed by atoms with van der Waals surface area (Å²) >= 11 is 0. The van der Waals surface area contributed by atoms with Crippen LogP contribution in [-0.2, 0) is 21.4 Å². The normalized spacial score (nSPS) is 15.2. The number of anilines is 1. The number of methoxy groups -OCH3 is 2. The topological polar surface area (TPSA) is 103 Å². The number of benzene rings is 1. The molecule has 1 aliphatic rings. The first-order chi connectivity index (χ1) is 13.4. The van der Waals surface area contributed by atoms with Crippen LogP contribution >= 0.6 is 0 Å². The van der Waals surface area contributed by atoms with Crippen LogP contribution in [0.1, 0.15) is 19.3 Å². The van der Waals surface area contributed by atoms with Gasteiger partial charge in [0.2, 0.25) is 5.91 Å². The van der Waals surface area contributed by atoms with Gasteiger partial charge in [-0.3, -0.25) is 4.79 Å². The minimum atomic E-state index is -3.62. The second-order valence-corrected chi connectivity index (χ2v) is 8.35. The number of hydrogen-bond donors (Lipinski definition) is 1. The fraction of sp³-hybridized carbons (Fsp3) is 0.444. The molecule has 1 fully saturated rings. The van der Waals surface area contributed by atoms with Gasteiger partial charge in [-0.1, -0.05) is 6.42 Å². The van der Waals surface area contributed by atoms with E-state index in [1.165, 1.54) is 28.5 Å². The molecule has 1 aliphatic heterocycles. The Hall–Kier alpha value is -2.59. The van der Waals surface area contributed by atoms with Crippen LogP contribution in [0.25, 0.3) is 0 Å². The molecule has 3 rings (SSSR count). The highest BCUT2D eigenvalue weighted by Gasteiger charge is 2.28. The summed E-state index contributed by atoms with van der Waals surface area (Å²) in [5.74, 6) is 0.742. The Balaban J connectivity index is 1.67. The van der Waals surface area contributed by atoms with Crippen molar-refractivity contribution in [2.75, 3.05) is 32.6 Å². The van der Waals surface area contributed by atoms with Gasteiger partial charge in [-0.05, 0) is 25.0 Å². The van der Waals surface area contributed by atoms with Gasteiger partial charge in [0.25, 0.3) is 10.0 Å². The molecule has 28 heavy (non-hydrogen) atoms. The SMILES string of the molecule is COc1ccc(NC(=O)Cn2cnc(S(=O)(=O)N3CCCCC3)c2)c(OC)c1. The first kappa shape index (κ1) is 20.2. The number of carbonyl (C=O) groups excluding carboxylic acids is 1. The standard InChI is InChI=1S/C18H24N4O5S/c1-26-14-6-7-15(16(10-14)27-2)20-17(23)11-21-12-18(19-13-21)28(24,25)22-8-4-3-5-9-22/h6-7,10,12-13H,3-5,8-9,11H2,1-2H3,(H,20,23). The zero-order valence-electron chi connectivity index (χ0n) is 15.9. The first-order valence-electron chi connectivity index (χ1n) is 8.98. The molecular formula is C18H24N4O5S. The molecule has 0 radical (unpaired) electrons.